The second-order valence-electron chi connectivity index (χ2n) is 12.3. The predicted octanol–water partition coefficient (Wildman–Crippen LogP) is 10.8. The molecular formula is C41H32N2. The van der Waals surface area contributed by atoms with Crippen molar-refractivity contribution in [3.63, 3.8) is 0 Å². The van der Waals surface area contributed by atoms with Crippen molar-refractivity contribution in [1.29, 1.82) is 0 Å². The average molecular weight is 553 g/mol. The lowest BCUT2D eigenvalue weighted by Crippen LogP contribution is -2.14. The fraction of sp³-hybridized carbons (Fsp3) is 0.122. The van der Waals surface area contributed by atoms with Crippen molar-refractivity contribution in [2.45, 2.75) is 32.1 Å². The van der Waals surface area contributed by atoms with E-state index in [1.807, 2.05) is 30.5 Å². The van der Waals surface area contributed by atoms with Gasteiger partial charge >= 0.3 is 0 Å². The minimum atomic E-state index is -0.0241. The molecule has 0 amide bonds. The lowest BCUT2D eigenvalue weighted by molar-refractivity contribution is 0.661. The molecule has 8 rings (SSSR count). The summed E-state index contributed by atoms with van der Waals surface area (Å²) in [5, 5.41) is 9.04. The van der Waals surface area contributed by atoms with Gasteiger partial charge in [0.2, 0.25) is 0 Å². The molecule has 0 spiro atoms. The molecule has 0 radical (unpaired) electrons. The summed E-state index contributed by atoms with van der Waals surface area (Å²) in [4.78, 5) is 9.65. The van der Waals surface area contributed by atoms with Gasteiger partial charge in [-0.3, -0.25) is 9.98 Å². The van der Waals surface area contributed by atoms with Gasteiger partial charge in [0.05, 0.1) is 11.2 Å². The Morgan fingerprint density at radius 1 is 0.791 bits per heavy atom. The zero-order chi connectivity index (χ0) is 29.3. The molecule has 0 fully saturated rings. The first-order chi connectivity index (χ1) is 21.0. The molecule has 2 heteroatoms. The Bertz CT molecular complexity index is 2300. The zero-order valence-corrected chi connectivity index (χ0v) is 24.7. The van der Waals surface area contributed by atoms with Gasteiger partial charge in [-0.2, -0.15) is 0 Å². The maximum absolute atomic E-state index is 4.99. The fourth-order valence-corrected chi connectivity index (χ4v) is 7.28. The number of hydrogen-bond acceptors (Lipinski definition) is 2. The molecular weight excluding hydrogens is 520 g/mol. The van der Waals surface area contributed by atoms with Crippen LogP contribution in [0.25, 0.3) is 60.0 Å². The minimum Gasteiger partial charge on any atom is -0.260 e. The Hall–Kier alpha value is -5.08. The van der Waals surface area contributed by atoms with Crippen molar-refractivity contribution in [3.05, 3.63) is 144 Å². The third kappa shape index (κ3) is 3.79. The van der Waals surface area contributed by atoms with Crippen LogP contribution >= 0.6 is 0 Å². The summed E-state index contributed by atoms with van der Waals surface area (Å²) in [7, 11) is 0. The third-order valence-corrected chi connectivity index (χ3v) is 9.45. The van der Waals surface area contributed by atoms with E-state index < -0.39 is 0 Å². The largest absolute Gasteiger partial charge is 0.260 e. The highest BCUT2D eigenvalue weighted by Gasteiger charge is 2.36. The number of nitrogens with zero attached hydrogens (tertiary/aromatic N) is 2. The maximum atomic E-state index is 4.99. The van der Waals surface area contributed by atoms with Crippen molar-refractivity contribution in [2.24, 2.45) is 4.99 Å². The topological polar surface area (TPSA) is 25.2 Å². The number of rotatable bonds is 5. The lowest BCUT2D eigenvalue weighted by Gasteiger charge is -2.23. The molecule has 1 aromatic heterocycles. The van der Waals surface area contributed by atoms with Crippen molar-refractivity contribution < 1.29 is 0 Å². The van der Waals surface area contributed by atoms with E-state index in [-0.39, 0.29) is 11.3 Å². The predicted molar refractivity (Wildman–Crippen MR) is 185 cm³/mol. The van der Waals surface area contributed by atoms with Gasteiger partial charge in [0.1, 0.15) is 0 Å². The highest BCUT2D eigenvalue weighted by molar-refractivity contribution is 6.27. The highest BCUT2D eigenvalue weighted by Crippen LogP contribution is 2.53. The summed E-state index contributed by atoms with van der Waals surface area (Å²) in [5.41, 5.74) is 9.67. The lowest BCUT2D eigenvalue weighted by atomic mass is 9.80. The molecule has 0 aliphatic heterocycles. The molecule has 0 saturated carbocycles. The number of aliphatic imine (C=N–C) groups is 1. The van der Waals surface area contributed by atoms with Gasteiger partial charge in [0.25, 0.3) is 0 Å². The first kappa shape index (κ1) is 25.6. The summed E-state index contributed by atoms with van der Waals surface area (Å²) >= 11 is 0. The molecule has 0 bridgehead atoms. The van der Waals surface area contributed by atoms with Crippen LogP contribution in [0.4, 0.5) is 0 Å². The Balaban J connectivity index is 1.26. The molecule has 2 nitrogen and oxygen atoms in total. The summed E-state index contributed by atoms with van der Waals surface area (Å²) in [6.45, 7) is 10.9. The first-order valence-corrected chi connectivity index (χ1v) is 15.0. The van der Waals surface area contributed by atoms with E-state index >= 15 is 0 Å². The van der Waals surface area contributed by atoms with Crippen LogP contribution in [0.15, 0.2) is 127 Å². The van der Waals surface area contributed by atoms with Crippen molar-refractivity contribution in [3.8, 4) is 11.1 Å². The number of para-hydroxylation sites is 1. The first-order valence-electron chi connectivity index (χ1n) is 15.0. The normalized spacial score (nSPS) is 15.1. The van der Waals surface area contributed by atoms with Crippen LogP contribution in [0.5, 0.6) is 0 Å². The molecule has 6 aromatic carbocycles. The van der Waals surface area contributed by atoms with Crippen LogP contribution in [0.2, 0.25) is 0 Å². The molecule has 206 valence electrons. The van der Waals surface area contributed by atoms with Crippen molar-refractivity contribution in [2.75, 3.05) is 0 Å². The van der Waals surface area contributed by atoms with E-state index in [9.17, 15) is 0 Å². The molecule has 1 heterocycles. The van der Waals surface area contributed by atoms with Crippen molar-refractivity contribution in [1.82, 2.24) is 4.98 Å². The Morgan fingerprint density at radius 3 is 2.42 bits per heavy atom. The molecule has 1 aliphatic rings. The van der Waals surface area contributed by atoms with E-state index in [1.165, 1.54) is 60.1 Å². The van der Waals surface area contributed by atoms with E-state index in [0.717, 1.165) is 22.2 Å². The smallest absolute Gasteiger partial charge is 0.0713 e. The average Bonchev–Trinajstić information content (AvgIpc) is 3.27. The van der Waals surface area contributed by atoms with Gasteiger partial charge < -0.3 is 0 Å². The van der Waals surface area contributed by atoms with Gasteiger partial charge in [-0.15, -0.1) is 0 Å². The zero-order valence-electron chi connectivity index (χ0n) is 24.7. The van der Waals surface area contributed by atoms with E-state index in [1.54, 1.807) is 6.08 Å². The molecule has 1 aliphatic carbocycles. The summed E-state index contributed by atoms with van der Waals surface area (Å²) in [5.74, 6) is 0.108. The number of allylic oxidation sites excluding steroid dienone is 2. The number of aromatic nitrogens is 1. The van der Waals surface area contributed by atoms with E-state index in [4.69, 9.17) is 4.99 Å². The van der Waals surface area contributed by atoms with Crippen LogP contribution in [0.3, 0.4) is 0 Å². The second-order valence-corrected chi connectivity index (χ2v) is 12.3. The molecule has 0 N–H and O–H groups in total. The monoisotopic (exact) mass is 552 g/mol. The van der Waals surface area contributed by atoms with Crippen LogP contribution < -0.4 is 0 Å². The van der Waals surface area contributed by atoms with Gasteiger partial charge in [-0.05, 0) is 84.4 Å². The Labute approximate surface area is 252 Å². The molecule has 7 aromatic rings. The highest BCUT2D eigenvalue weighted by atomic mass is 14.8. The maximum Gasteiger partial charge on any atom is 0.0713 e. The van der Waals surface area contributed by atoms with Crippen molar-refractivity contribution >= 4 is 55.1 Å². The van der Waals surface area contributed by atoms with Crippen LogP contribution in [-0.4, -0.2) is 11.2 Å². The Morgan fingerprint density at radius 2 is 1.53 bits per heavy atom. The minimum absolute atomic E-state index is 0.0241. The molecule has 1 atom stereocenters. The van der Waals surface area contributed by atoms with Gasteiger partial charge in [-0.25, -0.2) is 0 Å². The summed E-state index contributed by atoms with van der Waals surface area (Å²) < 4.78 is 0. The quantitative estimate of drug-likeness (QED) is 0.118. The number of pyridine rings is 1. The molecule has 43 heavy (non-hydrogen) atoms. The summed E-state index contributed by atoms with van der Waals surface area (Å²) in [6, 6.07) is 35.5. The van der Waals surface area contributed by atoms with Crippen LogP contribution in [0.1, 0.15) is 48.9 Å². The van der Waals surface area contributed by atoms with Gasteiger partial charge in [-0.1, -0.05) is 112 Å². The van der Waals surface area contributed by atoms with E-state index in [2.05, 4.69) is 117 Å². The molecule has 0 saturated heterocycles. The third-order valence-electron chi connectivity index (χ3n) is 9.45. The fourth-order valence-electron chi connectivity index (χ4n) is 7.28. The molecule has 1 unspecified atom stereocenters. The number of fused-ring (bicyclic) bond motifs is 5. The second kappa shape index (κ2) is 9.47. The number of benzene rings is 6. The standard InChI is InChI=1S/C41H32N2/c1-5-10-36(29-21-27-11-6-9-14-37(27)43-24-29)42-23-25(2)30-18-15-26-16-20-33-39-28(17-19-31(30)38(26)39)22-35-40(33)32-12-7-8-13-34(32)41(35,3)4/h5-25H,1H2,2-4H3/b36-10-,42-23-. The number of hydrogen-bond donors (Lipinski definition) is 0. The van der Waals surface area contributed by atoms with Crippen LogP contribution in [-0.2, 0) is 5.41 Å². The summed E-state index contributed by atoms with van der Waals surface area (Å²) in [6.07, 6.45) is 7.71. The van der Waals surface area contributed by atoms with Crippen LogP contribution in [0, 0.1) is 0 Å². The Kier molecular flexibility index (Phi) is 5.64. The van der Waals surface area contributed by atoms with Gasteiger partial charge in [0.15, 0.2) is 0 Å². The van der Waals surface area contributed by atoms with E-state index in [0.29, 0.717) is 0 Å². The SMILES string of the molecule is C=C/C=C(\N=C/C(C)c1ccc2ccc3c4c(cc5ccc1c2c53)C(C)(C)c1ccccc1-4)c1cnc2ccccc2c1. The van der Waals surface area contributed by atoms with Gasteiger partial charge in [0, 0.05) is 34.7 Å².